The van der Waals surface area contributed by atoms with E-state index in [1.54, 1.807) is 10.8 Å². The van der Waals surface area contributed by atoms with Crippen LogP contribution in [0.1, 0.15) is 0 Å². The molecule has 0 fully saturated rings. The molecule has 1 aliphatic rings. The van der Waals surface area contributed by atoms with Crippen LogP contribution in [0.5, 0.6) is 11.5 Å². The number of rotatable bonds is 2. The molecule has 2 rings (SSSR count). The van der Waals surface area contributed by atoms with Gasteiger partial charge < -0.3 is 14.0 Å². The second kappa shape index (κ2) is 5.03. The topological polar surface area (TPSA) is 75.7 Å². The zero-order valence-corrected chi connectivity index (χ0v) is 11.6. The van der Waals surface area contributed by atoms with Crippen molar-refractivity contribution in [1.29, 1.82) is 0 Å². The summed E-state index contributed by atoms with van der Waals surface area (Å²) < 4.78 is 41.8. The monoisotopic (exact) mass is 258 g/mol. The molecule has 78 valence electrons. The first-order chi connectivity index (χ1) is 6.54. The van der Waals surface area contributed by atoms with E-state index >= 15 is 0 Å². The third-order valence-corrected chi connectivity index (χ3v) is 3.18. The molecule has 1 unspecified atom stereocenters. The molecule has 5 nitrogen and oxygen atoms in total. The first-order valence-corrected chi connectivity index (χ1v) is 6.36. The van der Waals surface area contributed by atoms with Gasteiger partial charge in [0, 0.05) is 10.8 Å². The summed E-state index contributed by atoms with van der Waals surface area (Å²) in [6.45, 7) is 0.102. The standard InChI is InChI=1S/C7H8O5S2.Na/c8-14(9,10)4-5-1-11-6-2-13-3-7(6)12-5;/h2-3,5H,1,4H2,(H,8,9,10);/q;+1/p-1. The van der Waals surface area contributed by atoms with E-state index in [4.69, 9.17) is 9.47 Å². The summed E-state index contributed by atoms with van der Waals surface area (Å²) in [7, 11) is -4.26. The van der Waals surface area contributed by atoms with E-state index in [2.05, 4.69) is 0 Å². The maximum Gasteiger partial charge on any atom is 1.00 e. The van der Waals surface area contributed by atoms with Crippen LogP contribution in [0.15, 0.2) is 10.8 Å². The van der Waals surface area contributed by atoms with Crippen molar-refractivity contribution in [2.45, 2.75) is 6.10 Å². The Labute approximate surface area is 113 Å². The fourth-order valence-corrected chi connectivity index (χ4v) is 2.46. The number of thiophene rings is 1. The Kier molecular flexibility index (Phi) is 4.45. The molecule has 0 saturated carbocycles. The summed E-state index contributed by atoms with van der Waals surface area (Å²) in [5, 5.41) is 3.47. The molecule has 0 saturated heterocycles. The first kappa shape index (κ1) is 13.3. The van der Waals surface area contributed by atoms with Crippen molar-refractivity contribution >= 4 is 21.5 Å². The van der Waals surface area contributed by atoms with Gasteiger partial charge in [0.1, 0.15) is 12.7 Å². The molecule has 0 bridgehead atoms. The molecule has 2 heterocycles. The van der Waals surface area contributed by atoms with E-state index < -0.39 is 22.0 Å². The quantitative estimate of drug-likeness (QED) is 0.431. The molecule has 1 aromatic rings. The number of hydrogen-bond acceptors (Lipinski definition) is 6. The van der Waals surface area contributed by atoms with E-state index in [9.17, 15) is 13.0 Å². The van der Waals surface area contributed by atoms with Crippen LogP contribution >= 0.6 is 11.3 Å². The molecule has 0 spiro atoms. The summed E-state index contributed by atoms with van der Waals surface area (Å²) in [6.07, 6.45) is -0.695. The third kappa shape index (κ3) is 3.61. The minimum Gasteiger partial charge on any atom is -0.748 e. The SMILES string of the molecule is O=S(=O)([O-])CC1COc2cscc2O1.[Na+]. The normalized spacial score (nSPS) is 19.4. The van der Waals surface area contributed by atoms with Crippen LogP contribution in [0, 0.1) is 0 Å². The van der Waals surface area contributed by atoms with Crippen molar-refractivity contribution in [3.05, 3.63) is 10.8 Å². The van der Waals surface area contributed by atoms with Crippen molar-refractivity contribution in [1.82, 2.24) is 0 Å². The predicted molar refractivity (Wildman–Crippen MR) is 48.8 cm³/mol. The molecule has 0 amide bonds. The van der Waals surface area contributed by atoms with Gasteiger partial charge in [0.25, 0.3) is 0 Å². The van der Waals surface area contributed by atoms with Crippen LogP contribution in [-0.4, -0.2) is 31.4 Å². The van der Waals surface area contributed by atoms with Crippen molar-refractivity contribution in [3.63, 3.8) is 0 Å². The zero-order chi connectivity index (χ0) is 10.2. The van der Waals surface area contributed by atoms with Gasteiger partial charge in [0.15, 0.2) is 11.5 Å². The van der Waals surface area contributed by atoms with E-state index in [0.29, 0.717) is 11.5 Å². The second-order valence-electron chi connectivity index (χ2n) is 2.88. The maximum atomic E-state index is 10.5. The van der Waals surface area contributed by atoms with Crippen molar-refractivity contribution < 1.29 is 52.0 Å². The fourth-order valence-electron chi connectivity index (χ4n) is 1.17. The van der Waals surface area contributed by atoms with Crippen LogP contribution < -0.4 is 39.0 Å². The van der Waals surface area contributed by atoms with Gasteiger partial charge in [-0.25, -0.2) is 8.42 Å². The Morgan fingerprint density at radius 1 is 1.47 bits per heavy atom. The molecule has 15 heavy (non-hydrogen) atoms. The average Bonchev–Trinajstić information content (AvgIpc) is 2.47. The third-order valence-electron chi connectivity index (χ3n) is 1.70. The van der Waals surface area contributed by atoms with Gasteiger partial charge in [-0.15, -0.1) is 11.3 Å². The molecule has 0 radical (unpaired) electrons. The van der Waals surface area contributed by atoms with Crippen LogP contribution in [0.4, 0.5) is 0 Å². The fraction of sp³-hybridized carbons (Fsp3) is 0.429. The van der Waals surface area contributed by atoms with E-state index in [1.165, 1.54) is 11.3 Å². The van der Waals surface area contributed by atoms with E-state index in [0.717, 1.165) is 0 Å². The molecular formula is C7H7NaO5S2. The summed E-state index contributed by atoms with van der Waals surface area (Å²) in [5.74, 6) is 0.562. The Morgan fingerprint density at radius 3 is 2.80 bits per heavy atom. The van der Waals surface area contributed by atoms with Crippen molar-refractivity contribution in [3.8, 4) is 11.5 Å². The van der Waals surface area contributed by atoms with Gasteiger partial charge in [-0.05, 0) is 0 Å². The minimum atomic E-state index is -4.26. The summed E-state index contributed by atoms with van der Waals surface area (Å²) in [6, 6.07) is 0. The smallest absolute Gasteiger partial charge is 0.748 e. The van der Waals surface area contributed by atoms with Gasteiger partial charge >= 0.3 is 29.6 Å². The van der Waals surface area contributed by atoms with Crippen LogP contribution in [-0.2, 0) is 10.1 Å². The predicted octanol–water partition coefficient (Wildman–Crippen LogP) is -2.56. The summed E-state index contributed by atoms with van der Waals surface area (Å²) >= 11 is 1.40. The minimum absolute atomic E-state index is 0. The van der Waals surface area contributed by atoms with Crippen molar-refractivity contribution in [2.75, 3.05) is 12.4 Å². The Balaban J connectivity index is 0.00000112. The first-order valence-electron chi connectivity index (χ1n) is 3.84. The summed E-state index contributed by atoms with van der Waals surface area (Å²) in [4.78, 5) is 0. The van der Waals surface area contributed by atoms with Gasteiger partial charge in [-0.3, -0.25) is 0 Å². The van der Waals surface area contributed by atoms with Gasteiger partial charge in [0.2, 0.25) is 0 Å². The Bertz CT molecular complexity index is 426. The molecule has 1 atom stereocenters. The zero-order valence-electron chi connectivity index (χ0n) is 8.00. The summed E-state index contributed by atoms with van der Waals surface area (Å²) in [5.41, 5.74) is 0. The largest absolute Gasteiger partial charge is 1.00 e. The molecule has 1 aliphatic heterocycles. The van der Waals surface area contributed by atoms with Gasteiger partial charge in [-0.2, -0.15) is 0 Å². The van der Waals surface area contributed by atoms with Gasteiger partial charge in [-0.1, -0.05) is 0 Å². The van der Waals surface area contributed by atoms with Crippen LogP contribution in [0.3, 0.4) is 0 Å². The van der Waals surface area contributed by atoms with Crippen LogP contribution in [0.25, 0.3) is 0 Å². The molecule has 0 aromatic carbocycles. The number of ether oxygens (including phenoxy) is 2. The van der Waals surface area contributed by atoms with Crippen molar-refractivity contribution in [2.24, 2.45) is 0 Å². The van der Waals surface area contributed by atoms with E-state index in [1.807, 2.05) is 0 Å². The number of fused-ring (bicyclic) bond motifs is 1. The second-order valence-corrected chi connectivity index (χ2v) is 5.07. The Hall–Kier alpha value is 0.210. The number of hydrogen-bond donors (Lipinski definition) is 0. The van der Waals surface area contributed by atoms with Gasteiger partial charge in [0.05, 0.1) is 15.9 Å². The maximum absolute atomic E-state index is 10.5. The molecular weight excluding hydrogens is 251 g/mol. The average molecular weight is 258 g/mol. The Morgan fingerprint density at radius 2 is 2.13 bits per heavy atom. The molecule has 1 aromatic heterocycles. The van der Waals surface area contributed by atoms with Crippen LogP contribution in [0.2, 0.25) is 0 Å². The van der Waals surface area contributed by atoms with E-state index in [-0.39, 0.29) is 36.2 Å². The molecule has 0 N–H and O–H groups in total. The molecule has 0 aliphatic carbocycles. The molecule has 8 heteroatoms.